The van der Waals surface area contributed by atoms with Gasteiger partial charge >= 0.3 is 0 Å². The summed E-state index contributed by atoms with van der Waals surface area (Å²) in [6, 6.07) is 1.84. The third kappa shape index (κ3) is 2.85. The van der Waals surface area contributed by atoms with Crippen molar-refractivity contribution in [2.75, 3.05) is 0 Å². The maximum atomic E-state index is 8.50. The molecule has 84 valence electrons. The third-order valence-electron chi connectivity index (χ3n) is 2.49. The predicted molar refractivity (Wildman–Crippen MR) is 66.3 cm³/mol. The van der Waals surface area contributed by atoms with Gasteiger partial charge in [-0.05, 0) is 18.4 Å². The van der Waals surface area contributed by atoms with E-state index >= 15 is 0 Å². The normalized spacial score (nSPS) is 14.5. The van der Waals surface area contributed by atoms with Crippen molar-refractivity contribution in [3.8, 4) is 6.07 Å². The Balaban J connectivity index is 2.06. The Kier molecular flexibility index (Phi) is 3.10. The monoisotopic (exact) mass is 224 g/mol. The maximum absolute atomic E-state index is 8.50. The van der Waals surface area contributed by atoms with Gasteiger partial charge in [0.15, 0.2) is 0 Å². The van der Waals surface area contributed by atoms with Crippen molar-refractivity contribution in [1.82, 2.24) is 9.97 Å². The topological polar surface area (TPSA) is 61.9 Å². The van der Waals surface area contributed by atoms with Crippen LogP contribution in [0.15, 0.2) is 36.2 Å². The summed E-state index contributed by atoms with van der Waals surface area (Å²) in [5.41, 5.74) is 1.63. The molecule has 1 heterocycles. The number of rotatable bonds is 4. The Hall–Kier alpha value is -2.28. The first-order chi connectivity index (χ1) is 8.20. The van der Waals surface area contributed by atoms with Crippen LogP contribution in [0.25, 0.3) is 5.57 Å². The minimum absolute atomic E-state index is 0.154. The summed E-state index contributed by atoms with van der Waals surface area (Å²) in [5, 5.41) is 8.50. The van der Waals surface area contributed by atoms with Gasteiger partial charge in [-0.3, -0.25) is 0 Å². The Bertz CT molecular complexity index is 515. The van der Waals surface area contributed by atoms with Gasteiger partial charge in [0.1, 0.15) is 17.6 Å². The molecule has 1 aromatic heterocycles. The molecule has 1 fully saturated rings. The summed E-state index contributed by atoms with van der Waals surface area (Å²) in [6.07, 6.45) is 7.35. The molecular weight excluding hydrogens is 212 g/mol. The zero-order valence-corrected chi connectivity index (χ0v) is 9.43. The molecule has 0 spiro atoms. The van der Waals surface area contributed by atoms with Crippen LogP contribution in [0.5, 0.6) is 0 Å². The predicted octanol–water partition coefficient (Wildman–Crippen LogP) is 2.48. The van der Waals surface area contributed by atoms with Gasteiger partial charge in [0.05, 0.1) is 0 Å². The van der Waals surface area contributed by atoms with Crippen LogP contribution in [0.1, 0.15) is 30.1 Å². The number of aliphatic imine (C=N–C) groups is 1. The Morgan fingerprint density at radius 1 is 1.41 bits per heavy atom. The molecule has 0 aromatic carbocycles. The number of hydrogen-bond acceptors (Lipinski definition) is 4. The fourth-order valence-electron chi connectivity index (χ4n) is 1.32. The van der Waals surface area contributed by atoms with E-state index < -0.39 is 0 Å². The van der Waals surface area contributed by atoms with E-state index in [1.165, 1.54) is 19.1 Å². The number of allylic oxidation sites excluding steroid dienone is 2. The van der Waals surface area contributed by atoms with Crippen molar-refractivity contribution >= 4 is 11.8 Å². The molecule has 4 nitrogen and oxygen atoms in total. The molecule has 0 bridgehead atoms. The number of aromatic nitrogens is 2. The van der Waals surface area contributed by atoms with Crippen LogP contribution in [-0.4, -0.2) is 16.2 Å². The highest BCUT2D eigenvalue weighted by Gasteiger charge is 2.26. The molecule has 0 aliphatic heterocycles. The van der Waals surface area contributed by atoms with Crippen LogP contribution < -0.4 is 0 Å². The van der Waals surface area contributed by atoms with Crippen molar-refractivity contribution < 1.29 is 0 Å². The zero-order chi connectivity index (χ0) is 12.3. The van der Waals surface area contributed by atoms with E-state index in [1.54, 1.807) is 12.4 Å². The Morgan fingerprint density at radius 3 is 2.59 bits per heavy atom. The van der Waals surface area contributed by atoms with Crippen LogP contribution in [0.2, 0.25) is 0 Å². The van der Waals surface area contributed by atoms with Gasteiger partial charge in [-0.15, -0.1) is 0 Å². The van der Waals surface area contributed by atoms with Crippen LogP contribution in [-0.2, 0) is 0 Å². The van der Waals surface area contributed by atoms with E-state index in [1.807, 2.05) is 6.07 Å². The largest absolute Gasteiger partial charge is 0.246 e. The highest BCUT2D eigenvalue weighted by molar-refractivity contribution is 6.08. The first-order valence-corrected chi connectivity index (χ1v) is 5.35. The minimum Gasteiger partial charge on any atom is -0.246 e. The van der Waals surface area contributed by atoms with Crippen LogP contribution >= 0.6 is 0 Å². The first kappa shape index (κ1) is 11.2. The molecule has 1 saturated carbocycles. The van der Waals surface area contributed by atoms with Gasteiger partial charge < -0.3 is 0 Å². The van der Waals surface area contributed by atoms with Gasteiger partial charge in [0.2, 0.25) is 0 Å². The van der Waals surface area contributed by atoms with Gasteiger partial charge in [-0.1, -0.05) is 13.2 Å². The molecule has 0 radical (unpaired) electrons. The Morgan fingerprint density at radius 2 is 2.06 bits per heavy atom. The van der Waals surface area contributed by atoms with E-state index in [2.05, 4.69) is 28.1 Å². The summed E-state index contributed by atoms with van der Waals surface area (Å²) in [6.45, 7) is 7.29. The fraction of sp³-hybridized carbons (Fsp3) is 0.231. The zero-order valence-electron chi connectivity index (χ0n) is 9.43. The molecule has 1 aliphatic rings. The molecule has 0 unspecified atom stereocenters. The van der Waals surface area contributed by atoms with Crippen LogP contribution in [0.4, 0.5) is 0 Å². The average Bonchev–Trinajstić information content (AvgIpc) is 3.20. The lowest BCUT2D eigenvalue weighted by Crippen LogP contribution is -1.94. The van der Waals surface area contributed by atoms with E-state index in [-0.39, 0.29) is 5.70 Å². The summed E-state index contributed by atoms with van der Waals surface area (Å²) in [7, 11) is 0. The molecule has 1 aliphatic carbocycles. The number of hydrogen-bond donors (Lipinski definition) is 0. The van der Waals surface area contributed by atoms with E-state index in [9.17, 15) is 0 Å². The summed E-state index contributed by atoms with van der Waals surface area (Å²) >= 11 is 0. The van der Waals surface area contributed by atoms with Crippen molar-refractivity contribution in [2.24, 2.45) is 4.99 Å². The van der Waals surface area contributed by atoms with Crippen molar-refractivity contribution in [3.05, 3.63) is 42.6 Å². The van der Waals surface area contributed by atoms with E-state index in [4.69, 9.17) is 5.26 Å². The summed E-state index contributed by atoms with van der Waals surface area (Å²) in [5.74, 6) is 1.45. The summed E-state index contributed by atoms with van der Waals surface area (Å²) < 4.78 is 0. The minimum atomic E-state index is 0.154. The molecule has 0 atom stereocenters. The lowest BCUT2D eigenvalue weighted by atomic mass is 10.2. The van der Waals surface area contributed by atoms with E-state index in [0.29, 0.717) is 11.5 Å². The highest BCUT2D eigenvalue weighted by Crippen LogP contribution is 2.37. The molecule has 0 saturated heterocycles. The average molecular weight is 224 g/mol. The van der Waals surface area contributed by atoms with Gasteiger partial charge in [-0.25, -0.2) is 15.0 Å². The van der Waals surface area contributed by atoms with Crippen LogP contribution in [0.3, 0.4) is 0 Å². The smallest absolute Gasteiger partial charge is 0.133 e. The first-order valence-electron chi connectivity index (χ1n) is 5.35. The SMILES string of the molecule is C=C(C#N)N=CC(=C)c1cnc(C2CC2)nc1. The van der Waals surface area contributed by atoms with Crippen molar-refractivity contribution in [2.45, 2.75) is 18.8 Å². The second-order valence-corrected chi connectivity index (χ2v) is 3.95. The molecule has 0 N–H and O–H groups in total. The second-order valence-electron chi connectivity index (χ2n) is 3.95. The molecule has 0 amide bonds. The maximum Gasteiger partial charge on any atom is 0.133 e. The van der Waals surface area contributed by atoms with Gasteiger partial charge in [-0.2, -0.15) is 5.26 Å². The van der Waals surface area contributed by atoms with Gasteiger partial charge in [0, 0.05) is 30.1 Å². The summed E-state index contributed by atoms with van der Waals surface area (Å²) in [4.78, 5) is 12.4. The fourth-order valence-corrected chi connectivity index (χ4v) is 1.32. The molecular formula is C13H12N4. The molecule has 17 heavy (non-hydrogen) atoms. The Labute approximate surface area is 100 Å². The number of nitrogens with zero attached hydrogens (tertiary/aromatic N) is 4. The molecule has 1 aromatic rings. The van der Waals surface area contributed by atoms with Crippen molar-refractivity contribution in [1.29, 1.82) is 5.26 Å². The van der Waals surface area contributed by atoms with E-state index in [0.717, 1.165) is 11.4 Å². The second kappa shape index (κ2) is 4.71. The standard InChI is InChI=1S/C13H12N4/c1-9(6-15-10(2)5-14)12-7-16-13(17-8-12)11-3-4-11/h6-8,11H,1-4H2. The van der Waals surface area contributed by atoms with Crippen molar-refractivity contribution in [3.63, 3.8) is 0 Å². The number of nitriles is 1. The quantitative estimate of drug-likeness (QED) is 0.583. The van der Waals surface area contributed by atoms with Crippen LogP contribution in [0, 0.1) is 11.3 Å². The molecule has 2 rings (SSSR count). The third-order valence-corrected chi connectivity index (χ3v) is 2.49. The molecule has 4 heteroatoms. The highest BCUT2D eigenvalue weighted by atomic mass is 14.9. The van der Waals surface area contributed by atoms with Gasteiger partial charge in [0.25, 0.3) is 0 Å². The lowest BCUT2D eigenvalue weighted by molar-refractivity contribution is 0.924. The lowest BCUT2D eigenvalue weighted by Gasteiger charge is -2.00.